The number of rotatable bonds is 4. The van der Waals surface area contributed by atoms with Crippen LogP contribution in [0.2, 0.25) is 0 Å². The highest BCUT2D eigenvalue weighted by molar-refractivity contribution is 5.72. The first kappa shape index (κ1) is 13.7. The van der Waals surface area contributed by atoms with E-state index in [1.165, 1.54) is 36.8 Å². The highest BCUT2D eigenvalue weighted by Crippen LogP contribution is 2.46. The molecule has 2 saturated carbocycles. The zero-order chi connectivity index (χ0) is 14.9. The molecule has 2 heteroatoms. The molecule has 114 valence electrons. The number of ether oxygens (including phenoxy) is 1. The van der Waals surface area contributed by atoms with E-state index >= 15 is 0 Å². The van der Waals surface area contributed by atoms with Crippen LogP contribution in [0.1, 0.15) is 25.7 Å². The van der Waals surface area contributed by atoms with E-state index < -0.39 is 0 Å². The summed E-state index contributed by atoms with van der Waals surface area (Å²) in [4.78, 5) is 0. The number of methoxy groups -OCH3 is 1. The van der Waals surface area contributed by atoms with Crippen LogP contribution in [0.4, 0.5) is 5.69 Å². The first-order chi connectivity index (χ1) is 10.8. The van der Waals surface area contributed by atoms with Gasteiger partial charge < -0.3 is 10.1 Å². The molecule has 2 aliphatic rings. The van der Waals surface area contributed by atoms with E-state index in [1.54, 1.807) is 7.11 Å². The Labute approximate surface area is 132 Å². The van der Waals surface area contributed by atoms with Gasteiger partial charge in [-0.2, -0.15) is 0 Å². The van der Waals surface area contributed by atoms with Gasteiger partial charge in [-0.15, -0.1) is 0 Å². The Morgan fingerprint density at radius 2 is 1.82 bits per heavy atom. The lowest BCUT2D eigenvalue weighted by Gasteiger charge is -2.25. The van der Waals surface area contributed by atoms with Gasteiger partial charge in [-0.25, -0.2) is 0 Å². The predicted octanol–water partition coefficient (Wildman–Crippen LogP) is 4.96. The van der Waals surface area contributed by atoms with Gasteiger partial charge in [0.1, 0.15) is 5.75 Å². The molecule has 2 aliphatic carbocycles. The Balaban J connectivity index is 1.62. The van der Waals surface area contributed by atoms with E-state index in [-0.39, 0.29) is 0 Å². The molecule has 0 aliphatic heterocycles. The Bertz CT molecular complexity index is 652. The average Bonchev–Trinajstić information content (AvgIpc) is 3.18. The quantitative estimate of drug-likeness (QED) is 0.860. The molecule has 3 atom stereocenters. The highest BCUT2D eigenvalue weighted by atomic mass is 16.5. The van der Waals surface area contributed by atoms with Gasteiger partial charge in [0.25, 0.3) is 0 Å². The Morgan fingerprint density at radius 1 is 0.955 bits per heavy atom. The maximum Gasteiger partial charge on any atom is 0.141 e. The van der Waals surface area contributed by atoms with Crippen molar-refractivity contribution in [2.45, 2.75) is 31.7 Å². The van der Waals surface area contributed by atoms with E-state index in [0.717, 1.165) is 23.3 Å². The van der Waals surface area contributed by atoms with Crippen LogP contribution in [0, 0.1) is 11.8 Å². The molecule has 0 aromatic heterocycles. The molecular formula is C20H23NO. The van der Waals surface area contributed by atoms with Gasteiger partial charge >= 0.3 is 0 Å². The van der Waals surface area contributed by atoms with Gasteiger partial charge in [0.2, 0.25) is 0 Å². The summed E-state index contributed by atoms with van der Waals surface area (Å²) in [7, 11) is 1.75. The summed E-state index contributed by atoms with van der Waals surface area (Å²) in [5.41, 5.74) is 3.63. The molecular weight excluding hydrogens is 270 g/mol. The lowest BCUT2D eigenvalue weighted by atomic mass is 9.95. The fraction of sp³-hybridized carbons (Fsp3) is 0.400. The van der Waals surface area contributed by atoms with Crippen molar-refractivity contribution < 1.29 is 4.74 Å². The number of fused-ring (bicyclic) bond motifs is 2. The smallest absolute Gasteiger partial charge is 0.141 e. The van der Waals surface area contributed by atoms with Crippen molar-refractivity contribution in [3.63, 3.8) is 0 Å². The molecule has 2 fully saturated rings. The molecule has 2 bridgehead atoms. The van der Waals surface area contributed by atoms with Crippen LogP contribution in [0.15, 0.2) is 48.5 Å². The summed E-state index contributed by atoms with van der Waals surface area (Å²) in [5.74, 6) is 2.75. The normalized spacial score (nSPS) is 26.1. The van der Waals surface area contributed by atoms with E-state index in [2.05, 4.69) is 53.8 Å². The third-order valence-electron chi connectivity index (χ3n) is 5.39. The molecule has 2 aromatic rings. The van der Waals surface area contributed by atoms with E-state index in [1.807, 2.05) is 0 Å². The first-order valence-corrected chi connectivity index (χ1v) is 8.33. The minimum Gasteiger partial charge on any atom is -0.495 e. The molecule has 1 N–H and O–H groups in total. The SMILES string of the molecule is COc1ccc(-c2ccccc2)cc1N[C@H]1C[C@H]2CC[C@@H]1C2. The van der Waals surface area contributed by atoms with Crippen molar-refractivity contribution in [1.29, 1.82) is 0 Å². The first-order valence-electron chi connectivity index (χ1n) is 8.33. The average molecular weight is 293 g/mol. The summed E-state index contributed by atoms with van der Waals surface area (Å²) in [6.07, 6.45) is 5.56. The van der Waals surface area contributed by atoms with Gasteiger partial charge in [0, 0.05) is 6.04 Å². The zero-order valence-electron chi connectivity index (χ0n) is 13.1. The largest absolute Gasteiger partial charge is 0.495 e. The van der Waals surface area contributed by atoms with Crippen molar-refractivity contribution in [3.8, 4) is 16.9 Å². The molecule has 0 radical (unpaired) electrons. The van der Waals surface area contributed by atoms with Crippen molar-refractivity contribution >= 4 is 5.69 Å². The maximum atomic E-state index is 5.56. The van der Waals surface area contributed by atoms with Gasteiger partial charge in [0.05, 0.1) is 12.8 Å². The molecule has 2 nitrogen and oxygen atoms in total. The Kier molecular flexibility index (Phi) is 3.53. The van der Waals surface area contributed by atoms with Crippen LogP contribution >= 0.6 is 0 Å². The number of hydrogen-bond donors (Lipinski definition) is 1. The Morgan fingerprint density at radius 3 is 2.50 bits per heavy atom. The molecule has 0 unspecified atom stereocenters. The van der Waals surface area contributed by atoms with Crippen LogP contribution in [0.5, 0.6) is 5.75 Å². The standard InChI is InChI=1S/C20H23NO/c1-22-20-10-9-16(15-5-3-2-4-6-15)13-19(20)21-18-12-14-7-8-17(18)11-14/h2-6,9-10,13-14,17-18,21H,7-8,11-12H2,1H3/t14-,17+,18-/m0/s1. The van der Waals surface area contributed by atoms with Gasteiger partial charge in [-0.3, -0.25) is 0 Å². The van der Waals surface area contributed by atoms with E-state index in [9.17, 15) is 0 Å². The maximum absolute atomic E-state index is 5.56. The summed E-state index contributed by atoms with van der Waals surface area (Å²) < 4.78 is 5.56. The summed E-state index contributed by atoms with van der Waals surface area (Å²) in [6, 6.07) is 17.6. The number of nitrogens with one attached hydrogen (secondary N) is 1. The number of hydrogen-bond acceptors (Lipinski definition) is 2. The van der Waals surface area contributed by atoms with Crippen LogP contribution in [-0.2, 0) is 0 Å². The molecule has 0 amide bonds. The fourth-order valence-corrected chi connectivity index (χ4v) is 4.25. The second-order valence-electron chi connectivity index (χ2n) is 6.71. The van der Waals surface area contributed by atoms with Crippen molar-refractivity contribution in [1.82, 2.24) is 0 Å². The second-order valence-corrected chi connectivity index (χ2v) is 6.71. The molecule has 2 aromatic carbocycles. The van der Waals surface area contributed by atoms with Crippen LogP contribution < -0.4 is 10.1 Å². The zero-order valence-corrected chi connectivity index (χ0v) is 13.1. The molecule has 0 heterocycles. The van der Waals surface area contributed by atoms with E-state index in [4.69, 9.17) is 4.74 Å². The van der Waals surface area contributed by atoms with Crippen LogP contribution in [-0.4, -0.2) is 13.2 Å². The monoisotopic (exact) mass is 293 g/mol. The van der Waals surface area contributed by atoms with Crippen LogP contribution in [0.3, 0.4) is 0 Å². The minimum absolute atomic E-state index is 0.624. The number of benzene rings is 2. The number of anilines is 1. The summed E-state index contributed by atoms with van der Waals surface area (Å²) >= 11 is 0. The van der Waals surface area contributed by atoms with Gasteiger partial charge in [-0.05, 0) is 54.4 Å². The minimum atomic E-state index is 0.624. The van der Waals surface area contributed by atoms with Crippen molar-refractivity contribution in [2.75, 3.05) is 12.4 Å². The van der Waals surface area contributed by atoms with Gasteiger partial charge in [-0.1, -0.05) is 42.8 Å². The fourth-order valence-electron chi connectivity index (χ4n) is 4.25. The molecule has 4 rings (SSSR count). The second kappa shape index (κ2) is 5.68. The predicted molar refractivity (Wildman–Crippen MR) is 91.3 cm³/mol. The van der Waals surface area contributed by atoms with Crippen molar-refractivity contribution in [2.24, 2.45) is 11.8 Å². The summed E-state index contributed by atoms with van der Waals surface area (Å²) in [5, 5.41) is 3.78. The summed E-state index contributed by atoms with van der Waals surface area (Å²) in [6.45, 7) is 0. The third kappa shape index (κ3) is 2.47. The van der Waals surface area contributed by atoms with Crippen LogP contribution in [0.25, 0.3) is 11.1 Å². The lowest BCUT2D eigenvalue weighted by molar-refractivity contribution is 0.410. The topological polar surface area (TPSA) is 21.3 Å². The molecule has 0 saturated heterocycles. The van der Waals surface area contributed by atoms with Gasteiger partial charge in [0.15, 0.2) is 0 Å². The Hall–Kier alpha value is -1.96. The molecule has 0 spiro atoms. The van der Waals surface area contributed by atoms with Crippen molar-refractivity contribution in [3.05, 3.63) is 48.5 Å². The highest BCUT2D eigenvalue weighted by Gasteiger charge is 2.39. The molecule has 22 heavy (non-hydrogen) atoms. The van der Waals surface area contributed by atoms with E-state index in [0.29, 0.717) is 6.04 Å². The third-order valence-corrected chi connectivity index (χ3v) is 5.39. The lowest BCUT2D eigenvalue weighted by Crippen LogP contribution is -2.26.